The van der Waals surface area contributed by atoms with Crippen LogP contribution in [0.25, 0.3) is 21.6 Å². The van der Waals surface area contributed by atoms with Gasteiger partial charge in [0.05, 0.1) is 24.2 Å². The van der Waals surface area contributed by atoms with Crippen LogP contribution >= 0.6 is 11.3 Å². The van der Waals surface area contributed by atoms with Crippen LogP contribution in [-0.4, -0.2) is 63.3 Å². The van der Waals surface area contributed by atoms with Crippen LogP contribution in [0.1, 0.15) is 17.1 Å². The molecule has 1 aliphatic rings. The molecule has 3 aromatic rings. The summed E-state index contributed by atoms with van der Waals surface area (Å²) < 4.78 is 14.1. The van der Waals surface area contributed by atoms with E-state index in [1.54, 1.807) is 18.1 Å². The van der Waals surface area contributed by atoms with Crippen LogP contribution < -0.4 is 5.32 Å². The standard InChI is InChI=1S/C19H21FN6OS/c1-11-24-25-19(28-11)16-4-3-12-9-22-13(7-17(12)23-16)8-18(27)26-6-5-15(21-2)14(20)10-26/h3-4,7,9,14-15,21H,5-6,8,10H2,1-2H3/t14-,15-/m1/s1. The number of carbonyl (C=O) groups is 1. The van der Waals surface area contributed by atoms with Crippen molar-refractivity contribution >= 4 is 28.1 Å². The van der Waals surface area contributed by atoms with E-state index >= 15 is 0 Å². The molecule has 9 heteroatoms. The molecule has 1 N–H and O–H groups in total. The highest BCUT2D eigenvalue weighted by Gasteiger charge is 2.30. The molecule has 1 saturated heterocycles. The smallest absolute Gasteiger partial charge is 0.228 e. The second kappa shape index (κ2) is 7.84. The van der Waals surface area contributed by atoms with Gasteiger partial charge in [-0.2, -0.15) is 0 Å². The van der Waals surface area contributed by atoms with Crippen LogP contribution in [0.3, 0.4) is 0 Å². The molecule has 1 amide bonds. The number of amides is 1. The van der Waals surface area contributed by atoms with Gasteiger partial charge in [0, 0.05) is 24.2 Å². The Kier molecular flexibility index (Phi) is 5.27. The summed E-state index contributed by atoms with van der Waals surface area (Å²) in [5.74, 6) is -0.111. The number of aryl methyl sites for hydroxylation is 1. The Morgan fingerprint density at radius 2 is 2.25 bits per heavy atom. The number of likely N-dealkylation sites (tertiary alicyclic amines) is 1. The molecule has 4 heterocycles. The van der Waals surface area contributed by atoms with Gasteiger partial charge < -0.3 is 10.2 Å². The lowest BCUT2D eigenvalue weighted by Gasteiger charge is -2.34. The molecule has 0 radical (unpaired) electrons. The first-order chi connectivity index (χ1) is 13.5. The van der Waals surface area contributed by atoms with Gasteiger partial charge in [-0.1, -0.05) is 11.3 Å². The van der Waals surface area contributed by atoms with Gasteiger partial charge in [0.15, 0.2) is 5.01 Å². The molecule has 3 aromatic heterocycles. The molecule has 0 aromatic carbocycles. The van der Waals surface area contributed by atoms with Crippen molar-refractivity contribution in [2.75, 3.05) is 20.1 Å². The summed E-state index contributed by atoms with van der Waals surface area (Å²) >= 11 is 1.48. The highest BCUT2D eigenvalue weighted by Crippen LogP contribution is 2.24. The van der Waals surface area contributed by atoms with E-state index in [2.05, 4.69) is 25.5 Å². The summed E-state index contributed by atoms with van der Waals surface area (Å²) in [6.45, 7) is 2.57. The molecule has 146 valence electrons. The van der Waals surface area contributed by atoms with Gasteiger partial charge in [-0.05, 0) is 38.6 Å². The average Bonchev–Trinajstić information content (AvgIpc) is 3.13. The first-order valence-electron chi connectivity index (χ1n) is 9.19. The third-order valence-electron chi connectivity index (χ3n) is 4.97. The quantitative estimate of drug-likeness (QED) is 0.723. The Morgan fingerprint density at radius 1 is 1.39 bits per heavy atom. The summed E-state index contributed by atoms with van der Waals surface area (Å²) in [5, 5.41) is 13.7. The van der Waals surface area contributed by atoms with E-state index in [0.717, 1.165) is 26.6 Å². The Balaban J connectivity index is 1.51. The van der Waals surface area contributed by atoms with Crippen molar-refractivity contribution in [1.82, 2.24) is 30.4 Å². The molecule has 0 spiro atoms. The van der Waals surface area contributed by atoms with Crippen molar-refractivity contribution in [3.63, 3.8) is 0 Å². The van der Waals surface area contributed by atoms with Crippen LogP contribution in [0, 0.1) is 6.92 Å². The van der Waals surface area contributed by atoms with Crippen LogP contribution in [0.2, 0.25) is 0 Å². The minimum absolute atomic E-state index is 0.111. The molecular formula is C19H21FN6OS. The maximum absolute atomic E-state index is 14.1. The van der Waals surface area contributed by atoms with Gasteiger partial charge in [0.25, 0.3) is 0 Å². The topological polar surface area (TPSA) is 83.9 Å². The van der Waals surface area contributed by atoms with Crippen LogP contribution in [-0.2, 0) is 11.2 Å². The Bertz CT molecular complexity index is 1010. The summed E-state index contributed by atoms with van der Waals surface area (Å²) in [6.07, 6.45) is 1.41. The third-order valence-corrected chi connectivity index (χ3v) is 5.83. The number of carbonyl (C=O) groups excluding carboxylic acids is 1. The molecule has 7 nitrogen and oxygen atoms in total. The highest BCUT2D eigenvalue weighted by atomic mass is 32.1. The molecule has 0 unspecified atom stereocenters. The zero-order valence-corrected chi connectivity index (χ0v) is 16.5. The number of piperidine rings is 1. The first kappa shape index (κ1) is 18.8. The van der Waals surface area contributed by atoms with E-state index in [0.29, 0.717) is 18.7 Å². The molecule has 1 aliphatic heterocycles. The third kappa shape index (κ3) is 3.85. The SMILES string of the molecule is CN[C@@H]1CCN(C(=O)Cc2cc3nc(-c4nnc(C)s4)ccc3cn2)C[C@H]1F. The zero-order valence-electron chi connectivity index (χ0n) is 15.7. The number of fused-ring (bicyclic) bond motifs is 1. The van der Waals surface area contributed by atoms with E-state index in [9.17, 15) is 9.18 Å². The minimum atomic E-state index is -1.05. The molecule has 1 fully saturated rings. The van der Waals surface area contributed by atoms with E-state index in [-0.39, 0.29) is 24.9 Å². The predicted octanol–water partition coefficient (Wildman–Crippen LogP) is 2.16. The van der Waals surface area contributed by atoms with Crippen molar-refractivity contribution in [1.29, 1.82) is 0 Å². The Morgan fingerprint density at radius 3 is 2.96 bits per heavy atom. The second-order valence-corrected chi connectivity index (χ2v) is 8.09. The summed E-state index contributed by atoms with van der Waals surface area (Å²) in [4.78, 5) is 23.2. The fraction of sp³-hybridized carbons (Fsp3) is 0.421. The van der Waals surface area contributed by atoms with E-state index in [1.165, 1.54) is 11.3 Å². The van der Waals surface area contributed by atoms with Crippen molar-refractivity contribution in [2.24, 2.45) is 0 Å². The second-order valence-electron chi connectivity index (χ2n) is 6.91. The first-order valence-corrected chi connectivity index (χ1v) is 10.0. The zero-order chi connectivity index (χ0) is 19.7. The lowest BCUT2D eigenvalue weighted by Crippen LogP contribution is -2.51. The number of alkyl halides is 1. The van der Waals surface area contributed by atoms with Crippen molar-refractivity contribution < 1.29 is 9.18 Å². The molecule has 2 atom stereocenters. The summed E-state index contributed by atoms with van der Waals surface area (Å²) in [5.41, 5.74) is 2.12. The van der Waals surface area contributed by atoms with Gasteiger partial charge in [0.2, 0.25) is 5.91 Å². The largest absolute Gasteiger partial charge is 0.339 e. The number of aromatic nitrogens is 4. The number of hydrogen-bond donors (Lipinski definition) is 1. The lowest BCUT2D eigenvalue weighted by atomic mass is 10.0. The number of nitrogens with zero attached hydrogens (tertiary/aromatic N) is 5. The maximum atomic E-state index is 14.1. The van der Waals surface area contributed by atoms with Gasteiger partial charge in [-0.15, -0.1) is 10.2 Å². The van der Waals surface area contributed by atoms with E-state index in [4.69, 9.17) is 0 Å². The number of nitrogens with one attached hydrogen (secondary N) is 1. The fourth-order valence-corrected chi connectivity index (χ4v) is 4.06. The molecular weight excluding hydrogens is 379 g/mol. The summed E-state index contributed by atoms with van der Waals surface area (Å²) in [7, 11) is 1.75. The van der Waals surface area contributed by atoms with Crippen molar-refractivity contribution in [3.05, 3.63) is 35.1 Å². The van der Waals surface area contributed by atoms with Crippen LogP contribution in [0.5, 0.6) is 0 Å². The maximum Gasteiger partial charge on any atom is 0.228 e. The number of pyridine rings is 2. The van der Waals surface area contributed by atoms with E-state index < -0.39 is 6.17 Å². The number of halogens is 1. The minimum Gasteiger partial charge on any atom is -0.339 e. The Labute approximate surface area is 166 Å². The molecule has 4 rings (SSSR count). The fourth-order valence-electron chi connectivity index (χ4n) is 3.40. The average molecular weight is 400 g/mol. The number of rotatable bonds is 4. The Hall–Kier alpha value is -2.52. The van der Waals surface area contributed by atoms with Crippen LogP contribution in [0.4, 0.5) is 4.39 Å². The normalized spacial score (nSPS) is 19.9. The predicted molar refractivity (Wildman–Crippen MR) is 106 cm³/mol. The lowest BCUT2D eigenvalue weighted by molar-refractivity contribution is -0.133. The van der Waals surface area contributed by atoms with Crippen molar-refractivity contribution in [2.45, 2.75) is 32.0 Å². The monoisotopic (exact) mass is 400 g/mol. The van der Waals surface area contributed by atoms with Crippen molar-refractivity contribution in [3.8, 4) is 10.7 Å². The van der Waals surface area contributed by atoms with Crippen LogP contribution in [0.15, 0.2) is 24.4 Å². The van der Waals surface area contributed by atoms with E-state index in [1.807, 2.05) is 25.1 Å². The van der Waals surface area contributed by atoms with Gasteiger partial charge in [-0.25, -0.2) is 9.37 Å². The summed E-state index contributed by atoms with van der Waals surface area (Å²) in [6, 6.07) is 5.46. The molecule has 0 aliphatic carbocycles. The molecule has 0 saturated carbocycles. The molecule has 0 bridgehead atoms. The highest BCUT2D eigenvalue weighted by molar-refractivity contribution is 7.14. The van der Waals surface area contributed by atoms with Gasteiger partial charge >= 0.3 is 0 Å². The van der Waals surface area contributed by atoms with Gasteiger partial charge in [-0.3, -0.25) is 9.78 Å². The molecule has 28 heavy (non-hydrogen) atoms. The van der Waals surface area contributed by atoms with Gasteiger partial charge in [0.1, 0.15) is 16.9 Å². The number of hydrogen-bond acceptors (Lipinski definition) is 7.